The highest BCUT2D eigenvalue weighted by molar-refractivity contribution is 6.02. The van der Waals surface area contributed by atoms with Crippen molar-refractivity contribution in [3.8, 4) is 0 Å². The zero-order valence-corrected chi connectivity index (χ0v) is 11.3. The minimum Gasteiger partial charge on any atom is -0.476 e. The molecule has 0 spiro atoms. The lowest BCUT2D eigenvalue weighted by molar-refractivity contribution is 0.0690. The second-order valence-electron chi connectivity index (χ2n) is 4.55. The molecule has 3 aromatic rings. The van der Waals surface area contributed by atoms with Gasteiger partial charge in [0.2, 0.25) is 0 Å². The van der Waals surface area contributed by atoms with Crippen LogP contribution in [0.1, 0.15) is 16.2 Å². The van der Waals surface area contributed by atoms with Crippen molar-refractivity contribution in [2.24, 2.45) is 7.05 Å². The third-order valence-corrected chi connectivity index (χ3v) is 3.24. The first-order valence-electron chi connectivity index (χ1n) is 6.36. The Morgan fingerprint density at radius 3 is 2.81 bits per heavy atom. The molecular formula is C14H13N5O2. The predicted molar refractivity (Wildman–Crippen MR) is 77.0 cm³/mol. The van der Waals surface area contributed by atoms with Crippen molar-refractivity contribution in [2.75, 3.05) is 5.32 Å². The number of aromatic carboxylic acids is 1. The fourth-order valence-electron chi connectivity index (χ4n) is 2.14. The molecule has 0 aliphatic rings. The van der Waals surface area contributed by atoms with Gasteiger partial charge in [0.05, 0.1) is 23.4 Å². The van der Waals surface area contributed by atoms with Crippen LogP contribution in [0.3, 0.4) is 0 Å². The van der Waals surface area contributed by atoms with E-state index in [0.717, 1.165) is 11.1 Å². The van der Waals surface area contributed by atoms with E-state index in [0.29, 0.717) is 17.7 Å². The van der Waals surface area contributed by atoms with Crippen molar-refractivity contribution in [1.29, 1.82) is 0 Å². The summed E-state index contributed by atoms with van der Waals surface area (Å²) in [5, 5.41) is 25.0. The normalized spacial score (nSPS) is 10.7. The van der Waals surface area contributed by atoms with Crippen molar-refractivity contribution in [3.05, 3.63) is 47.9 Å². The molecule has 0 unspecified atom stereocenters. The van der Waals surface area contributed by atoms with Gasteiger partial charge in [0.15, 0.2) is 5.69 Å². The molecular weight excluding hydrogens is 270 g/mol. The van der Waals surface area contributed by atoms with Gasteiger partial charge >= 0.3 is 5.97 Å². The van der Waals surface area contributed by atoms with E-state index < -0.39 is 5.97 Å². The SMILES string of the molecule is Cn1nccc1CNc1c(C(=O)O)nnc2ccccc12. The van der Waals surface area contributed by atoms with E-state index in [1.165, 1.54) is 0 Å². The molecule has 2 heterocycles. The van der Waals surface area contributed by atoms with Crippen LogP contribution in [0.25, 0.3) is 10.9 Å². The molecule has 0 saturated heterocycles. The van der Waals surface area contributed by atoms with Gasteiger partial charge in [-0.25, -0.2) is 4.79 Å². The summed E-state index contributed by atoms with van der Waals surface area (Å²) in [5.41, 5.74) is 1.97. The number of hydrogen-bond donors (Lipinski definition) is 2. The number of fused-ring (bicyclic) bond motifs is 1. The Balaban J connectivity index is 2.04. The molecule has 2 aromatic heterocycles. The summed E-state index contributed by atoms with van der Waals surface area (Å²) in [6.45, 7) is 0.451. The van der Waals surface area contributed by atoms with Crippen molar-refractivity contribution < 1.29 is 9.90 Å². The van der Waals surface area contributed by atoms with E-state index in [2.05, 4.69) is 20.6 Å². The topological polar surface area (TPSA) is 92.9 Å². The molecule has 0 aliphatic heterocycles. The molecule has 0 aliphatic carbocycles. The van der Waals surface area contributed by atoms with Crippen LogP contribution in [0.2, 0.25) is 0 Å². The number of carboxylic acids is 1. The third-order valence-electron chi connectivity index (χ3n) is 3.24. The van der Waals surface area contributed by atoms with Crippen molar-refractivity contribution in [2.45, 2.75) is 6.54 Å². The van der Waals surface area contributed by atoms with E-state index in [1.807, 2.05) is 31.3 Å². The minimum atomic E-state index is -1.11. The average molecular weight is 283 g/mol. The maximum Gasteiger partial charge on any atom is 0.358 e. The lowest BCUT2D eigenvalue weighted by atomic mass is 10.1. The molecule has 0 fully saturated rings. The summed E-state index contributed by atoms with van der Waals surface area (Å²) in [6, 6.07) is 9.16. The number of nitrogens with zero attached hydrogens (tertiary/aromatic N) is 4. The highest BCUT2D eigenvalue weighted by Gasteiger charge is 2.16. The van der Waals surface area contributed by atoms with Gasteiger partial charge in [-0.1, -0.05) is 18.2 Å². The molecule has 0 saturated carbocycles. The summed E-state index contributed by atoms with van der Waals surface area (Å²) >= 11 is 0. The maximum atomic E-state index is 11.3. The van der Waals surface area contributed by atoms with Crippen molar-refractivity contribution in [3.63, 3.8) is 0 Å². The van der Waals surface area contributed by atoms with Crippen LogP contribution in [-0.2, 0) is 13.6 Å². The number of anilines is 1. The molecule has 106 valence electrons. The van der Waals surface area contributed by atoms with Crippen LogP contribution >= 0.6 is 0 Å². The third kappa shape index (κ3) is 2.40. The van der Waals surface area contributed by atoms with E-state index in [4.69, 9.17) is 0 Å². The highest BCUT2D eigenvalue weighted by atomic mass is 16.4. The summed E-state index contributed by atoms with van der Waals surface area (Å²) < 4.78 is 1.73. The Morgan fingerprint density at radius 2 is 2.10 bits per heavy atom. The van der Waals surface area contributed by atoms with E-state index in [-0.39, 0.29) is 5.69 Å². The zero-order valence-electron chi connectivity index (χ0n) is 11.3. The van der Waals surface area contributed by atoms with Crippen LogP contribution < -0.4 is 5.32 Å². The number of nitrogens with one attached hydrogen (secondary N) is 1. The molecule has 0 bridgehead atoms. The number of carboxylic acid groups (broad SMARTS) is 1. The summed E-state index contributed by atoms with van der Waals surface area (Å²) in [7, 11) is 1.83. The zero-order chi connectivity index (χ0) is 14.8. The number of hydrogen-bond acceptors (Lipinski definition) is 5. The number of rotatable bonds is 4. The number of aryl methyl sites for hydroxylation is 1. The lowest BCUT2D eigenvalue weighted by Crippen LogP contribution is -2.12. The van der Waals surface area contributed by atoms with Crippen LogP contribution in [0, 0.1) is 0 Å². The maximum absolute atomic E-state index is 11.3. The van der Waals surface area contributed by atoms with Crippen molar-refractivity contribution >= 4 is 22.6 Å². The van der Waals surface area contributed by atoms with Gasteiger partial charge in [0.1, 0.15) is 0 Å². The van der Waals surface area contributed by atoms with Gasteiger partial charge in [-0.2, -0.15) is 5.10 Å². The summed E-state index contributed by atoms with van der Waals surface area (Å²) in [6.07, 6.45) is 1.69. The Morgan fingerprint density at radius 1 is 1.29 bits per heavy atom. The van der Waals surface area contributed by atoms with Crippen LogP contribution in [-0.4, -0.2) is 31.1 Å². The van der Waals surface area contributed by atoms with Crippen LogP contribution in [0.15, 0.2) is 36.5 Å². The van der Waals surface area contributed by atoms with Gasteiger partial charge in [0.25, 0.3) is 0 Å². The van der Waals surface area contributed by atoms with Crippen molar-refractivity contribution in [1.82, 2.24) is 20.0 Å². The van der Waals surface area contributed by atoms with Crippen LogP contribution in [0.5, 0.6) is 0 Å². The molecule has 7 nitrogen and oxygen atoms in total. The molecule has 2 N–H and O–H groups in total. The first-order valence-corrected chi connectivity index (χ1v) is 6.36. The standard InChI is InChI=1S/C14H13N5O2/c1-19-9(6-7-16-19)8-15-12-10-4-2-3-5-11(10)17-18-13(12)14(20)21/h2-7H,8H2,1H3,(H,15,17)(H,20,21). The average Bonchev–Trinajstić information content (AvgIpc) is 2.89. The fraction of sp³-hybridized carbons (Fsp3) is 0.143. The summed E-state index contributed by atoms with van der Waals surface area (Å²) in [4.78, 5) is 11.3. The Kier molecular flexibility index (Phi) is 3.23. The lowest BCUT2D eigenvalue weighted by Gasteiger charge is -2.11. The van der Waals surface area contributed by atoms with E-state index in [1.54, 1.807) is 16.9 Å². The second-order valence-corrected chi connectivity index (χ2v) is 4.55. The molecule has 21 heavy (non-hydrogen) atoms. The number of carbonyl (C=O) groups is 1. The molecule has 3 rings (SSSR count). The van der Waals surface area contributed by atoms with Gasteiger partial charge in [-0.3, -0.25) is 4.68 Å². The Labute approximate surface area is 120 Å². The first kappa shape index (κ1) is 13.0. The molecule has 0 radical (unpaired) electrons. The van der Waals surface area contributed by atoms with Gasteiger partial charge in [-0.05, 0) is 12.1 Å². The Bertz CT molecular complexity index is 812. The van der Waals surface area contributed by atoms with Gasteiger partial charge in [0, 0.05) is 18.6 Å². The molecule has 0 atom stereocenters. The van der Waals surface area contributed by atoms with Gasteiger partial charge in [-0.15, -0.1) is 10.2 Å². The minimum absolute atomic E-state index is 0.0872. The first-order chi connectivity index (χ1) is 10.2. The predicted octanol–water partition coefficient (Wildman–Crippen LogP) is 1.67. The second kappa shape index (κ2) is 5.20. The fourth-order valence-corrected chi connectivity index (χ4v) is 2.14. The Hall–Kier alpha value is -2.96. The summed E-state index contributed by atoms with van der Waals surface area (Å²) in [5.74, 6) is -1.11. The number of benzene rings is 1. The monoisotopic (exact) mass is 283 g/mol. The quantitative estimate of drug-likeness (QED) is 0.756. The van der Waals surface area contributed by atoms with Crippen LogP contribution in [0.4, 0.5) is 5.69 Å². The van der Waals surface area contributed by atoms with E-state index >= 15 is 0 Å². The molecule has 1 aromatic carbocycles. The number of aromatic nitrogens is 4. The highest BCUT2D eigenvalue weighted by Crippen LogP contribution is 2.24. The van der Waals surface area contributed by atoms with Gasteiger partial charge < -0.3 is 10.4 Å². The molecule has 0 amide bonds. The molecule has 7 heteroatoms. The van der Waals surface area contributed by atoms with E-state index in [9.17, 15) is 9.90 Å². The largest absolute Gasteiger partial charge is 0.476 e. The smallest absolute Gasteiger partial charge is 0.358 e.